The first kappa shape index (κ1) is 13.8. The third-order valence-corrected chi connectivity index (χ3v) is 1.74. The van der Waals surface area contributed by atoms with E-state index < -0.39 is 11.7 Å². The van der Waals surface area contributed by atoms with Gasteiger partial charge in [0.2, 0.25) is 0 Å². The zero-order valence-corrected chi connectivity index (χ0v) is 9.49. The van der Waals surface area contributed by atoms with E-state index in [2.05, 4.69) is 0 Å². The van der Waals surface area contributed by atoms with E-state index in [1.165, 1.54) is 0 Å². The van der Waals surface area contributed by atoms with Gasteiger partial charge in [0.25, 0.3) is 0 Å². The Hall–Kier alpha value is -0.160. The van der Waals surface area contributed by atoms with E-state index in [-0.39, 0.29) is 12.5 Å². The third-order valence-electron chi connectivity index (χ3n) is 1.74. The molecule has 0 saturated carbocycles. The van der Waals surface area contributed by atoms with Crippen molar-refractivity contribution >= 4 is 0 Å². The van der Waals surface area contributed by atoms with Crippen molar-refractivity contribution in [3.63, 3.8) is 0 Å². The molecule has 0 aromatic heterocycles. The van der Waals surface area contributed by atoms with Crippen LogP contribution in [-0.2, 0) is 9.78 Å². The first-order valence-electron chi connectivity index (χ1n) is 4.97. The van der Waals surface area contributed by atoms with Crippen molar-refractivity contribution in [1.29, 1.82) is 0 Å². The van der Waals surface area contributed by atoms with Crippen molar-refractivity contribution in [2.24, 2.45) is 5.92 Å². The molecule has 0 aromatic carbocycles. The molecular weight excluding hydrogens is 184 g/mol. The normalized spacial score (nSPS) is 16.7. The maximum absolute atomic E-state index is 9.17. The summed E-state index contributed by atoms with van der Waals surface area (Å²) in [6.07, 6.45) is 0.101. The molecule has 14 heavy (non-hydrogen) atoms. The van der Waals surface area contributed by atoms with Crippen LogP contribution in [0.4, 0.5) is 0 Å². The molecule has 86 valence electrons. The lowest BCUT2D eigenvalue weighted by Gasteiger charge is -2.25. The molecule has 0 radical (unpaired) electrons. The molecule has 4 heteroatoms. The van der Waals surface area contributed by atoms with E-state index in [1.807, 2.05) is 20.8 Å². The number of aliphatic hydroxyl groups excluding tert-OH is 2. The summed E-state index contributed by atoms with van der Waals surface area (Å²) in [5.74, 6) is 0.0670. The summed E-state index contributed by atoms with van der Waals surface area (Å²) in [7, 11) is 0. The van der Waals surface area contributed by atoms with Gasteiger partial charge in [0.1, 0.15) is 5.60 Å². The molecule has 0 aromatic rings. The highest BCUT2D eigenvalue weighted by Crippen LogP contribution is 2.17. The van der Waals surface area contributed by atoms with Gasteiger partial charge in [0.15, 0.2) is 0 Å². The molecular formula is C10H22O4. The van der Waals surface area contributed by atoms with Crippen LogP contribution in [0.15, 0.2) is 0 Å². The summed E-state index contributed by atoms with van der Waals surface area (Å²) < 4.78 is 0. The van der Waals surface area contributed by atoms with Crippen molar-refractivity contribution in [2.75, 3.05) is 13.2 Å². The second-order valence-corrected chi connectivity index (χ2v) is 4.47. The zero-order chi connectivity index (χ0) is 11.2. The van der Waals surface area contributed by atoms with Crippen molar-refractivity contribution in [3.8, 4) is 0 Å². The number of hydrogen-bond acceptors (Lipinski definition) is 4. The van der Waals surface area contributed by atoms with Gasteiger partial charge in [-0.15, -0.1) is 0 Å². The van der Waals surface area contributed by atoms with Gasteiger partial charge >= 0.3 is 0 Å². The van der Waals surface area contributed by atoms with E-state index >= 15 is 0 Å². The molecule has 0 aliphatic heterocycles. The number of aliphatic hydroxyl groups is 2. The minimum Gasteiger partial charge on any atom is -0.396 e. The highest BCUT2D eigenvalue weighted by molar-refractivity contribution is 4.69. The molecule has 0 spiro atoms. The summed E-state index contributed by atoms with van der Waals surface area (Å²) in [6.45, 7) is 7.72. The lowest BCUT2D eigenvalue weighted by molar-refractivity contribution is -0.361. The minimum atomic E-state index is -0.497. The Morgan fingerprint density at radius 1 is 1.29 bits per heavy atom. The molecule has 0 aliphatic carbocycles. The summed E-state index contributed by atoms with van der Waals surface area (Å²) in [4.78, 5) is 10.1. The summed E-state index contributed by atoms with van der Waals surface area (Å²) in [6, 6.07) is 0. The molecule has 0 aliphatic rings. The van der Waals surface area contributed by atoms with E-state index in [9.17, 15) is 0 Å². The van der Waals surface area contributed by atoms with Gasteiger partial charge in [-0.2, -0.15) is 0 Å². The van der Waals surface area contributed by atoms with E-state index in [1.54, 1.807) is 6.92 Å². The fourth-order valence-corrected chi connectivity index (χ4v) is 1.11. The molecule has 2 N–H and O–H groups in total. The summed E-state index contributed by atoms with van der Waals surface area (Å²) in [5, 5.41) is 17.9. The van der Waals surface area contributed by atoms with E-state index in [0.29, 0.717) is 13.0 Å². The van der Waals surface area contributed by atoms with E-state index in [4.69, 9.17) is 20.0 Å². The Morgan fingerprint density at radius 2 is 1.86 bits per heavy atom. The van der Waals surface area contributed by atoms with Crippen LogP contribution in [0.1, 0.15) is 34.1 Å². The lowest BCUT2D eigenvalue weighted by atomic mass is 10.0. The molecule has 0 fully saturated rings. The molecule has 0 bridgehead atoms. The predicted molar refractivity (Wildman–Crippen MR) is 53.7 cm³/mol. The van der Waals surface area contributed by atoms with Crippen LogP contribution in [-0.4, -0.2) is 35.1 Å². The van der Waals surface area contributed by atoms with Gasteiger partial charge in [-0.3, -0.25) is 0 Å². The minimum absolute atomic E-state index is 0.0670. The van der Waals surface area contributed by atoms with E-state index in [0.717, 1.165) is 0 Å². The highest BCUT2D eigenvalue weighted by Gasteiger charge is 2.22. The second kappa shape index (κ2) is 6.35. The maximum Gasteiger partial charge on any atom is 0.100 e. The Balaban J connectivity index is 3.65. The van der Waals surface area contributed by atoms with Crippen molar-refractivity contribution in [2.45, 2.75) is 45.8 Å². The molecule has 0 heterocycles. The van der Waals surface area contributed by atoms with Gasteiger partial charge in [0.05, 0.1) is 12.7 Å². The van der Waals surface area contributed by atoms with Gasteiger partial charge in [-0.25, -0.2) is 9.78 Å². The molecule has 0 rings (SSSR count). The zero-order valence-electron chi connectivity index (χ0n) is 9.49. The van der Waals surface area contributed by atoms with Crippen molar-refractivity contribution < 1.29 is 20.0 Å². The second-order valence-electron chi connectivity index (χ2n) is 4.47. The lowest BCUT2D eigenvalue weighted by Crippen LogP contribution is -2.30. The molecule has 0 saturated heterocycles. The summed E-state index contributed by atoms with van der Waals surface area (Å²) >= 11 is 0. The Bertz CT molecular complexity index is 145. The molecule has 2 atom stereocenters. The first-order valence-corrected chi connectivity index (χ1v) is 4.97. The topological polar surface area (TPSA) is 58.9 Å². The monoisotopic (exact) mass is 206 g/mol. The van der Waals surface area contributed by atoms with Crippen LogP contribution in [0.25, 0.3) is 0 Å². The van der Waals surface area contributed by atoms with Gasteiger partial charge < -0.3 is 10.2 Å². The smallest absolute Gasteiger partial charge is 0.100 e. The average Bonchev–Trinajstić information content (AvgIpc) is 2.01. The third kappa shape index (κ3) is 7.26. The summed E-state index contributed by atoms with van der Waals surface area (Å²) in [5.41, 5.74) is -0.497. The Labute approximate surface area is 85.8 Å². The highest BCUT2D eigenvalue weighted by atomic mass is 17.2. The van der Waals surface area contributed by atoms with Crippen LogP contribution >= 0.6 is 0 Å². The fraction of sp³-hybridized carbons (Fsp3) is 1.00. The fourth-order valence-electron chi connectivity index (χ4n) is 1.11. The standard InChI is InChI=1S/C10H22O4/c1-8(6-11)7-13-14-10(3,4)5-9(2)12/h8-9,11-12H,5-7H2,1-4H3. The van der Waals surface area contributed by atoms with Gasteiger partial charge in [-0.05, 0) is 20.8 Å². The van der Waals surface area contributed by atoms with Crippen LogP contribution < -0.4 is 0 Å². The molecule has 0 amide bonds. The van der Waals surface area contributed by atoms with Crippen LogP contribution in [0, 0.1) is 5.92 Å². The van der Waals surface area contributed by atoms with Crippen molar-refractivity contribution in [1.82, 2.24) is 0 Å². The Kier molecular flexibility index (Phi) is 6.27. The van der Waals surface area contributed by atoms with Crippen LogP contribution in [0.2, 0.25) is 0 Å². The quantitative estimate of drug-likeness (QED) is 0.484. The molecule has 4 nitrogen and oxygen atoms in total. The number of hydrogen-bond donors (Lipinski definition) is 2. The predicted octanol–water partition coefficient (Wildman–Crippen LogP) is 1.11. The first-order chi connectivity index (χ1) is 6.37. The average molecular weight is 206 g/mol. The van der Waals surface area contributed by atoms with Gasteiger partial charge in [-0.1, -0.05) is 6.92 Å². The molecule has 2 unspecified atom stereocenters. The van der Waals surface area contributed by atoms with Gasteiger partial charge in [0, 0.05) is 18.9 Å². The van der Waals surface area contributed by atoms with Crippen molar-refractivity contribution in [3.05, 3.63) is 0 Å². The maximum atomic E-state index is 9.17. The Morgan fingerprint density at radius 3 is 2.29 bits per heavy atom. The van der Waals surface area contributed by atoms with Crippen LogP contribution in [0.3, 0.4) is 0 Å². The largest absolute Gasteiger partial charge is 0.396 e. The SMILES string of the molecule is CC(O)CC(C)(C)OOCC(C)CO. The number of rotatable bonds is 7. The van der Waals surface area contributed by atoms with Crippen LogP contribution in [0.5, 0.6) is 0 Å².